The molecule has 0 unspecified atom stereocenters. The second-order valence-corrected chi connectivity index (χ2v) is 8.50. The van der Waals surface area contributed by atoms with Crippen LogP contribution in [0.25, 0.3) is 0 Å². The van der Waals surface area contributed by atoms with Gasteiger partial charge < -0.3 is 25.4 Å². The van der Waals surface area contributed by atoms with Crippen LogP contribution in [0.3, 0.4) is 0 Å². The minimum Gasteiger partial charge on any atom is -0.448 e. The molecule has 1 spiro atoms. The second kappa shape index (κ2) is 8.51. The van der Waals surface area contributed by atoms with Crippen LogP contribution < -0.4 is 25.4 Å². The molecule has 1 saturated heterocycles. The number of amides is 3. The zero-order valence-electron chi connectivity index (χ0n) is 17.1. The van der Waals surface area contributed by atoms with E-state index in [4.69, 9.17) is 9.47 Å². The number of urea groups is 1. The standard InChI is InChI=1S/C22H31N3O4/c1-15-17(25-21(27)23-15)8-4-2-5-9-20(26)24-16-10-11-18-19(14-16)29-22(28-18)12-6-3-7-13-22/h10-11,14-15,17H,2-9,12-13H2,1H3,(H,24,26)(H2,23,25,27)/t15-,17+/m0/s1. The first-order valence-corrected chi connectivity index (χ1v) is 10.9. The maximum atomic E-state index is 12.3. The molecule has 0 aromatic heterocycles. The van der Waals surface area contributed by atoms with Crippen LogP contribution in [0.4, 0.5) is 10.5 Å². The lowest BCUT2D eigenvalue weighted by Crippen LogP contribution is -2.40. The summed E-state index contributed by atoms with van der Waals surface area (Å²) < 4.78 is 12.2. The molecule has 1 aliphatic carbocycles. The number of hydrogen-bond donors (Lipinski definition) is 3. The Labute approximate surface area is 171 Å². The summed E-state index contributed by atoms with van der Waals surface area (Å²) in [6, 6.07) is 5.91. The van der Waals surface area contributed by atoms with E-state index < -0.39 is 5.79 Å². The molecule has 158 valence electrons. The number of anilines is 1. The Morgan fingerprint density at radius 3 is 2.66 bits per heavy atom. The average Bonchev–Trinajstić information content (AvgIpc) is 3.20. The SMILES string of the molecule is C[C@@H]1NC(=O)N[C@@H]1CCCCCC(=O)Nc1ccc2c(c1)OC1(CCCCC1)O2. The fraction of sp³-hybridized carbons (Fsp3) is 0.636. The van der Waals surface area contributed by atoms with E-state index in [9.17, 15) is 9.59 Å². The van der Waals surface area contributed by atoms with Gasteiger partial charge in [-0.3, -0.25) is 4.79 Å². The molecule has 4 rings (SSSR count). The molecule has 0 bridgehead atoms. The number of nitrogens with one attached hydrogen (secondary N) is 3. The number of fused-ring (bicyclic) bond motifs is 1. The third-order valence-corrected chi connectivity index (χ3v) is 6.13. The van der Waals surface area contributed by atoms with E-state index in [1.54, 1.807) is 0 Å². The van der Waals surface area contributed by atoms with Crippen LogP contribution in [0.5, 0.6) is 11.5 Å². The van der Waals surface area contributed by atoms with Crippen LogP contribution in [0.1, 0.15) is 71.1 Å². The zero-order valence-corrected chi connectivity index (χ0v) is 17.1. The number of rotatable bonds is 7. The number of unbranched alkanes of at least 4 members (excludes halogenated alkanes) is 2. The van der Waals surface area contributed by atoms with Gasteiger partial charge in [-0.05, 0) is 44.7 Å². The Bertz CT molecular complexity index is 760. The lowest BCUT2D eigenvalue weighted by atomic mass is 9.94. The molecule has 2 fully saturated rings. The van der Waals surface area contributed by atoms with Gasteiger partial charge in [-0.2, -0.15) is 0 Å². The zero-order chi connectivity index (χ0) is 20.3. The molecule has 3 amide bonds. The molecule has 29 heavy (non-hydrogen) atoms. The molecule has 2 heterocycles. The van der Waals surface area contributed by atoms with Crippen molar-refractivity contribution in [2.24, 2.45) is 0 Å². The van der Waals surface area contributed by atoms with Crippen molar-refractivity contribution in [3.63, 3.8) is 0 Å². The molecule has 2 aliphatic heterocycles. The highest BCUT2D eigenvalue weighted by Gasteiger charge is 2.42. The summed E-state index contributed by atoms with van der Waals surface area (Å²) in [6.07, 6.45) is 9.55. The Balaban J connectivity index is 1.18. The van der Waals surface area contributed by atoms with Gasteiger partial charge in [0, 0.05) is 37.1 Å². The third kappa shape index (κ3) is 4.77. The van der Waals surface area contributed by atoms with Crippen LogP contribution in [0.2, 0.25) is 0 Å². The van der Waals surface area contributed by atoms with Crippen LogP contribution in [0.15, 0.2) is 18.2 Å². The number of hydrogen-bond acceptors (Lipinski definition) is 4. The molecule has 7 nitrogen and oxygen atoms in total. The van der Waals surface area contributed by atoms with Crippen molar-refractivity contribution in [1.82, 2.24) is 10.6 Å². The van der Waals surface area contributed by atoms with Crippen molar-refractivity contribution in [2.45, 2.75) is 89.0 Å². The highest BCUT2D eigenvalue weighted by atomic mass is 16.7. The molecule has 3 N–H and O–H groups in total. The van der Waals surface area contributed by atoms with E-state index in [2.05, 4.69) is 16.0 Å². The van der Waals surface area contributed by atoms with Crippen LogP contribution in [0, 0.1) is 0 Å². The second-order valence-electron chi connectivity index (χ2n) is 8.50. The van der Waals surface area contributed by atoms with Crippen molar-refractivity contribution < 1.29 is 19.1 Å². The normalized spacial score (nSPS) is 24.2. The van der Waals surface area contributed by atoms with E-state index >= 15 is 0 Å². The first kappa shape index (κ1) is 19.9. The average molecular weight is 402 g/mol. The molecule has 0 radical (unpaired) electrons. The Kier molecular flexibility index (Phi) is 5.83. The van der Waals surface area contributed by atoms with Crippen molar-refractivity contribution in [2.75, 3.05) is 5.32 Å². The summed E-state index contributed by atoms with van der Waals surface area (Å²) in [6.45, 7) is 2.01. The first-order valence-electron chi connectivity index (χ1n) is 10.9. The smallest absolute Gasteiger partial charge is 0.315 e. The van der Waals surface area contributed by atoms with Gasteiger partial charge in [-0.25, -0.2) is 4.79 Å². The van der Waals surface area contributed by atoms with Crippen LogP contribution in [-0.4, -0.2) is 29.8 Å². The molecule has 2 atom stereocenters. The highest BCUT2D eigenvalue weighted by molar-refractivity contribution is 5.91. The Morgan fingerprint density at radius 2 is 1.90 bits per heavy atom. The van der Waals surface area contributed by atoms with E-state index in [1.807, 2.05) is 25.1 Å². The largest absolute Gasteiger partial charge is 0.448 e. The fourth-order valence-electron chi connectivity index (χ4n) is 4.48. The lowest BCUT2D eigenvalue weighted by molar-refractivity contribution is -0.116. The maximum Gasteiger partial charge on any atom is 0.315 e. The summed E-state index contributed by atoms with van der Waals surface area (Å²) in [5.41, 5.74) is 0.749. The van der Waals surface area contributed by atoms with Crippen molar-refractivity contribution >= 4 is 17.6 Å². The molecule has 1 aromatic rings. The van der Waals surface area contributed by atoms with E-state index in [0.717, 1.165) is 68.6 Å². The van der Waals surface area contributed by atoms with Gasteiger partial charge in [-0.1, -0.05) is 19.3 Å². The van der Waals surface area contributed by atoms with E-state index in [1.165, 1.54) is 6.42 Å². The van der Waals surface area contributed by atoms with Gasteiger partial charge in [0.15, 0.2) is 11.5 Å². The monoisotopic (exact) mass is 401 g/mol. The van der Waals surface area contributed by atoms with Crippen molar-refractivity contribution in [3.05, 3.63) is 18.2 Å². The Hall–Kier alpha value is -2.44. The van der Waals surface area contributed by atoms with E-state index in [0.29, 0.717) is 6.42 Å². The molecule has 1 saturated carbocycles. The van der Waals surface area contributed by atoms with E-state index in [-0.39, 0.29) is 24.0 Å². The Morgan fingerprint density at radius 1 is 1.10 bits per heavy atom. The van der Waals surface area contributed by atoms with Crippen LogP contribution >= 0.6 is 0 Å². The van der Waals surface area contributed by atoms with Gasteiger partial charge in [0.25, 0.3) is 5.79 Å². The summed E-state index contributed by atoms with van der Waals surface area (Å²) in [5.74, 6) is 1.02. The van der Waals surface area contributed by atoms with Gasteiger partial charge in [0.1, 0.15) is 0 Å². The quantitative estimate of drug-likeness (QED) is 0.601. The summed E-state index contributed by atoms with van der Waals surface area (Å²) in [4.78, 5) is 23.6. The van der Waals surface area contributed by atoms with Gasteiger partial charge in [0.05, 0.1) is 6.04 Å². The molecule has 3 aliphatic rings. The minimum absolute atomic E-state index is 0.0143. The third-order valence-electron chi connectivity index (χ3n) is 6.13. The molecular formula is C22H31N3O4. The predicted molar refractivity (Wildman–Crippen MR) is 110 cm³/mol. The number of carbonyl (C=O) groups is 2. The van der Waals surface area contributed by atoms with Crippen molar-refractivity contribution in [3.8, 4) is 11.5 Å². The van der Waals surface area contributed by atoms with Crippen molar-refractivity contribution in [1.29, 1.82) is 0 Å². The summed E-state index contributed by atoms with van der Waals surface area (Å²) in [7, 11) is 0. The number of carbonyl (C=O) groups excluding carboxylic acids is 2. The molecular weight excluding hydrogens is 370 g/mol. The lowest BCUT2D eigenvalue weighted by Gasteiger charge is -2.31. The topological polar surface area (TPSA) is 88.7 Å². The van der Waals surface area contributed by atoms with Crippen LogP contribution in [-0.2, 0) is 4.79 Å². The van der Waals surface area contributed by atoms with Gasteiger partial charge in [0.2, 0.25) is 5.91 Å². The van der Waals surface area contributed by atoms with Gasteiger partial charge >= 0.3 is 6.03 Å². The molecule has 1 aromatic carbocycles. The highest BCUT2D eigenvalue weighted by Crippen LogP contribution is 2.46. The van der Waals surface area contributed by atoms with Gasteiger partial charge in [-0.15, -0.1) is 0 Å². The number of benzene rings is 1. The minimum atomic E-state index is -0.491. The predicted octanol–water partition coefficient (Wildman–Crippen LogP) is 4.08. The fourth-order valence-corrected chi connectivity index (χ4v) is 4.48. The molecule has 7 heteroatoms. The first-order chi connectivity index (χ1) is 14.0. The summed E-state index contributed by atoms with van der Waals surface area (Å²) in [5, 5.41) is 8.75. The maximum absolute atomic E-state index is 12.3. The number of ether oxygens (including phenoxy) is 2. The summed E-state index contributed by atoms with van der Waals surface area (Å²) >= 11 is 0.